The molecule has 0 fully saturated rings. The Balaban J connectivity index is 2.55. The molecule has 0 amide bonds. The van der Waals surface area contributed by atoms with Crippen molar-refractivity contribution >= 4 is 0 Å². The number of hydrogen-bond donors (Lipinski definition) is 1. The van der Waals surface area contributed by atoms with Gasteiger partial charge in [-0.2, -0.15) is 0 Å². The van der Waals surface area contributed by atoms with Crippen LogP contribution in [0.2, 0.25) is 0 Å². The molecule has 1 aromatic heterocycles. The van der Waals surface area contributed by atoms with Crippen LogP contribution in [0.15, 0.2) is 4.79 Å². The van der Waals surface area contributed by atoms with E-state index in [1.54, 1.807) is 0 Å². The summed E-state index contributed by atoms with van der Waals surface area (Å²) in [5.41, 5.74) is 2.17. The summed E-state index contributed by atoms with van der Waals surface area (Å²) in [6.45, 7) is 8.17. The zero-order chi connectivity index (χ0) is 11.2. The second kappa shape index (κ2) is 3.23. The van der Waals surface area contributed by atoms with Crippen molar-refractivity contribution in [1.29, 1.82) is 0 Å². The van der Waals surface area contributed by atoms with Gasteiger partial charge in [0, 0.05) is 18.7 Å². The minimum Gasteiger partial charge on any atom is -0.300 e. The summed E-state index contributed by atoms with van der Waals surface area (Å²) in [7, 11) is 2.09. The van der Waals surface area contributed by atoms with Gasteiger partial charge in [0.05, 0.1) is 11.2 Å². The van der Waals surface area contributed by atoms with Gasteiger partial charge in [-0.25, -0.2) is 0 Å². The largest absolute Gasteiger partial charge is 0.300 e. The molecule has 1 N–H and O–H groups in total. The monoisotopic (exact) mass is 209 g/mol. The van der Waals surface area contributed by atoms with E-state index in [1.807, 2.05) is 4.68 Å². The average Bonchev–Trinajstić information content (AvgIpc) is 2.42. The molecule has 0 saturated carbocycles. The van der Waals surface area contributed by atoms with Gasteiger partial charge in [0.1, 0.15) is 0 Å². The van der Waals surface area contributed by atoms with Gasteiger partial charge in [0.2, 0.25) is 0 Å². The molecule has 0 atom stereocenters. The summed E-state index contributed by atoms with van der Waals surface area (Å²) in [5, 5.41) is 2.95. The molecule has 0 bridgehead atoms. The maximum Gasteiger partial charge on any atom is 0.267 e. The van der Waals surface area contributed by atoms with E-state index in [1.165, 1.54) is 0 Å². The number of aromatic nitrogens is 2. The summed E-state index contributed by atoms with van der Waals surface area (Å²) in [6.07, 6.45) is 0.865. The van der Waals surface area contributed by atoms with Crippen molar-refractivity contribution in [3.63, 3.8) is 0 Å². The SMILES string of the molecule is CN1CCc2c(n(C(C)(C)C)[nH]c2=O)C1. The Hall–Kier alpha value is -1.03. The highest BCUT2D eigenvalue weighted by Gasteiger charge is 2.26. The predicted octanol–water partition coefficient (Wildman–Crippen LogP) is 0.919. The normalized spacial score (nSPS) is 17.9. The van der Waals surface area contributed by atoms with Crippen LogP contribution in [0.3, 0.4) is 0 Å². The van der Waals surface area contributed by atoms with Gasteiger partial charge < -0.3 is 4.90 Å². The fraction of sp³-hybridized carbons (Fsp3) is 0.727. The maximum atomic E-state index is 11.7. The molecule has 0 aliphatic carbocycles. The Labute approximate surface area is 89.9 Å². The fourth-order valence-electron chi connectivity index (χ4n) is 2.14. The van der Waals surface area contributed by atoms with E-state index in [0.717, 1.165) is 30.8 Å². The number of H-pyrrole nitrogens is 1. The third-order valence-electron chi connectivity index (χ3n) is 2.94. The minimum absolute atomic E-state index is 0.0507. The maximum absolute atomic E-state index is 11.7. The minimum atomic E-state index is -0.0507. The highest BCUT2D eigenvalue weighted by atomic mass is 16.1. The van der Waals surface area contributed by atoms with Gasteiger partial charge in [0.15, 0.2) is 0 Å². The second-order valence-corrected chi connectivity index (χ2v) is 5.36. The van der Waals surface area contributed by atoms with Crippen molar-refractivity contribution in [2.45, 2.75) is 39.3 Å². The molecule has 84 valence electrons. The number of hydrogen-bond acceptors (Lipinski definition) is 2. The molecular weight excluding hydrogens is 190 g/mol. The molecule has 0 saturated heterocycles. The van der Waals surface area contributed by atoms with Crippen LogP contribution in [0.4, 0.5) is 0 Å². The Bertz CT molecular complexity index is 422. The van der Waals surface area contributed by atoms with Gasteiger partial charge >= 0.3 is 0 Å². The van der Waals surface area contributed by atoms with Crippen molar-refractivity contribution in [1.82, 2.24) is 14.7 Å². The zero-order valence-corrected chi connectivity index (χ0v) is 9.92. The first-order valence-corrected chi connectivity index (χ1v) is 5.41. The van der Waals surface area contributed by atoms with Crippen LogP contribution < -0.4 is 5.56 Å². The second-order valence-electron chi connectivity index (χ2n) is 5.36. The summed E-state index contributed by atoms with van der Waals surface area (Å²) in [5.74, 6) is 0. The van der Waals surface area contributed by atoms with Crippen LogP contribution in [0.1, 0.15) is 32.0 Å². The molecular formula is C11H19N3O. The topological polar surface area (TPSA) is 41.0 Å². The zero-order valence-electron chi connectivity index (χ0n) is 9.92. The fourth-order valence-corrected chi connectivity index (χ4v) is 2.14. The van der Waals surface area contributed by atoms with E-state index in [0.29, 0.717) is 0 Å². The lowest BCUT2D eigenvalue weighted by Crippen LogP contribution is -2.32. The molecule has 0 aromatic carbocycles. The van der Waals surface area contributed by atoms with E-state index in [-0.39, 0.29) is 11.1 Å². The van der Waals surface area contributed by atoms with Crippen molar-refractivity contribution in [3.8, 4) is 0 Å². The first-order chi connectivity index (χ1) is 6.89. The molecule has 0 spiro atoms. The van der Waals surface area contributed by atoms with Crippen molar-refractivity contribution in [2.24, 2.45) is 0 Å². The van der Waals surface area contributed by atoms with E-state index < -0.39 is 0 Å². The lowest BCUT2D eigenvalue weighted by molar-refractivity contribution is 0.272. The third kappa shape index (κ3) is 1.74. The Morgan fingerprint density at radius 3 is 2.60 bits per heavy atom. The van der Waals surface area contributed by atoms with E-state index in [9.17, 15) is 4.79 Å². The average molecular weight is 209 g/mol. The van der Waals surface area contributed by atoms with E-state index in [4.69, 9.17) is 0 Å². The lowest BCUT2D eigenvalue weighted by Gasteiger charge is -2.28. The van der Waals surface area contributed by atoms with Crippen LogP contribution in [-0.2, 0) is 18.5 Å². The highest BCUT2D eigenvalue weighted by molar-refractivity contribution is 5.22. The molecule has 15 heavy (non-hydrogen) atoms. The number of rotatable bonds is 0. The van der Waals surface area contributed by atoms with Gasteiger partial charge in [-0.15, -0.1) is 0 Å². The summed E-state index contributed by atoms with van der Waals surface area (Å²) < 4.78 is 2.01. The standard InChI is InChI=1S/C11H19N3O/c1-11(2,3)14-9-7-13(4)6-5-8(9)10(15)12-14/h5-7H2,1-4H3,(H,12,15). The summed E-state index contributed by atoms with van der Waals surface area (Å²) in [4.78, 5) is 14.0. The molecule has 2 rings (SSSR count). The number of likely N-dealkylation sites (N-methyl/N-ethyl adjacent to an activating group) is 1. The number of nitrogens with zero attached hydrogens (tertiary/aromatic N) is 2. The van der Waals surface area contributed by atoms with Gasteiger partial charge in [-0.3, -0.25) is 14.6 Å². The molecule has 1 aliphatic rings. The van der Waals surface area contributed by atoms with E-state index in [2.05, 4.69) is 37.8 Å². The molecule has 0 radical (unpaired) electrons. The third-order valence-corrected chi connectivity index (χ3v) is 2.94. The van der Waals surface area contributed by atoms with Crippen LogP contribution in [-0.4, -0.2) is 28.3 Å². The first-order valence-electron chi connectivity index (χ1n) is 5.41. The lowest BCUT2D eigenvalue weighted by atomic mass is 10.1. The summed E-state index contributed by atoms with van der Waals surface area (Å²) >= 11 is 0. The van der Waals surface area contributed by atoms with Crippen LogP contribution in [0.25, 0.3) is 0 Å². The summed E-state index contributed by atoms with van der Waals surface area (Å²) in [6, 6.07) is 0. The van der Waals surface area contributed by atoms with Crippen LogP contribution >= 0.6 is 0 Å². The van der Waals surface area contributed by atoms with Crippen molar-refractivity contribution in [3.05, 3.63) is 21.6 Å². The molecule has 2 heterocycles. The number of fused-ring (bicyclic) bond motifs is 1. The van der Waals surface area contributed by atoms with Crippen LogP contribution in [0.5, 0.6) is 0 Å². The van der Waals surface area contributed by atoms with Crippen LogP contribution in [0, 0.1) is 0 Å². The molecule has 4 nitrogen and oxygen atoms in total. The van der Waals surface area contributed by atoms with Gasteiger partial charge in [-0.05, 0) is 34.2 Å². The smallest absolute Gasteiger partial charge is 0.267 e. The van der Waals surface area contributed by atoms with Gasteiger partial charge in [-0.1, -0.05) is 0 Å². The molecule has 4 heteroatoms. The predicted molar refractivity (Wildman–Crippen MR) is 60.1 cm³/mol. The number of aromatic amines is 1. The van der Waals surface area contributed by atoms with Crippen molar-refractivity contribution in [2.75, 3.05) is 13.6 Å². The van der Waals surface area contributed by atoms with Crippen molar-refractivity contribution < 1.29 is 0 Å². The molecule has 1 aromatic rings. The first kappa shape index (κ1) is 10.5. The number of nitrogens with one attached hydrogen (secondary N) is 1. The Kier molecular flexibility index (Phi) is 2.26. The van der Waals surface area contributed by atoms with E-state index >= 15 is 0 Å². The quantitative estimate of drug-likeness (QED) is 0.690. The highest BCUT2D eigenvalue weighted by Crippen LogP contribution is 2.21. The van der Waals surface area contributed by atoms with Gasteiger partial charge in [0.25, 0.3) is 5.56 Å². The Morgan fingerprint density at radius 2 is 2.00 bits per heavy atom. The molecule has 1 aliphatic heterocycles. The Morgan fingerprint density at radius 1 is 1.33 bits per heavy atom. The molecule has 0 unspecified atom stereocenters.